The Hall–Kier alpha value is -1.42. The van der Waals surface area contributed by atoms with Crippen molar-refractivity contribution in [3.63, 3.8) is 0 Å². The van der Waals surface area contributed by atoms with E-state index in [2.05, 4.69) is 0 Å². The number of carbonyl (C=O) groups is 1. The fourth-order valence-corrected chi connectivity index (χ4v) is 2.39. The molecular formula is C15H20FNO2. The fraction of sp³-hybridized carbons (Fsp3) is 0.533. The van der Waals surface area contributed by atoms with Gasteiger partial charge in [0.05, 0.1) is 12.6 Å². The van der Waals surface area contributed by atoms with E-state index < -0.39 is 0 Å². The van der Waals surface area contributed by atoms with Gasteiger partial charge in [-0.2, -0.15) is 0 Å². The molecule has 1 aliphatic heterocycles. The molecule has 1 saturated heterocycles. The lowest BCUT2D eigenvalue weighted by molar-refractivity contribution is -0.144. The number of ether oxygens (including phenoxy) is 1. The predicted molar refractivity (Wildman–Crippen MR) is 71.2 cm³/mol. The van der Waals surface area contributed by atoms with Crippen molar-refractivity contribution < 1.29 is 13.9 Å². The van der Waals surface area contributed by atoms with E-state index in [1.807, 2.05) is 18.7 Å². The molecular weight excluding hydrogens is 245 g/mol. The first-order chi connectivity index (χ1) is 9.10. The second-order valence-corrected chi connectivity index (χ2v) is 5.04. The zero-order valence-corrected chi connectivity index (χ0v) is 11.4. The van der Waals surface area contributed by atoms with Gasteiger partial charge in [0.1, 0.15) is 11.9 Å². The molecule has 2 rings (SSSR count). The molecule has 2 unspecified atom stereocenters. The largest absolute Gasteiger partial charge is 0.367 e. The Morgan fingerprint density at radius 2 is 2.05 bits per heavy atom. The number of amides is 1. The van der Waals surface area contributed by atoms with Crippen molar-refractivity contribution in [3.05, 3.63) is 35.6 Å². The van der Waals surface area contributed by atoms with Crippen molar-refractivity contribution in [2.45, 2.75) is 38.9 Å². The quantitative estimate of drug-likeness (QED) is 0.841. The standard InChI is InChI=1S/C15H20FNO2/c1-3-4-15(18)17-9-11(2)19-14(10-17)12-5-7-13(16)8-6-12/h5-8,11,14H,3-4,9-10H2,1-2H3. The van der Waals surface area contributed by atoms with Crippen LogP contribution >= 0.6 is 0 Å². The van der Waals surface area contributed by atoms with Crippen LogP contribution in [0, 0.1) is 5.82 Å². The summed E-state index contributed by atoms with van der Waals surface area (Å²) < 4.78 is 18.8. The molecule has 1 aromatic carbocycles. The Bertz CT molecular complexity index is 432. The van der Waals surface area contributed by atoms with Crippen LogP contribution in [0.25, 0.3) is 0 Å². The molecule has 2 atom stereocenters. The van der Waals surface area contributed by atoms with Crippen LogP contribution in [0.15, 0.2) is 24.3 Å². The Balaban J connectivity index is 2.09. The third-order valence-electron chi connectivity index (χ3n) is 3.32. The highest BCUT2D eigenvalue weighted by Gasteiger charge is 2.28. The van der Waals surface area contributed by atoms with E-state index in [1.165, 1.54) is 12.1 Å². The zero-order valence-electron chi connectivity index (χ0n) is 11.4. The molecule has 4 heteroatoms. The summed E-state index contributed by atoms with van der Waals surface area (Å²) in [7, 11) is 0. The summed E-state index contributed by atoms with van der Waals surface area (Å²) in [5.74, 6) is -0.0868. The monoisotopic (exact) mass is 265 g/mol. The van der Waals surface area contributed by atoms with Crippen LogP contribution in [0.4, 0.5) is 4.39 Å². The predicted octanol–water partition coefficient (Wildman–Crippen LogP) is 2.91. The highest BCUT2D eigenvalue weighted by molar-refractivity contribution is 5.76. The molecule has 0 N–H and O–H groups in total. The zero-order chi connectivity index (χ0) is 13.8. The van der Waals surface area contributed by atoms with Crippen molar-refractivity contribution in [1.29, 1.82) is 0 Å². The first-order valence-electron chi connectivity index (χ1n) is 6.79. The van der Waals surface area contributed by atoms with Crippen LogP contribution < -0.4 is 0 Å². The summed E-state index contributed by atoms with van der Waals surface area (Å²) in [5.41, 5.74) is 0.919. The number of hydrogen-bond donors (Lipinski definition) is 0. The molecule has 104 valence electrons. The molecule has 1 fully saturated rings. The van der Waals surface area contributed by atoms with E-state index in [0.29, 0.717) is 19.5 Å². The highest BCUT2D eigenvalue weighted by atomic mass is 19.1. The van der Waals surface area contributed by atoms with Gasteiger partial charge in [0.25, 0.3) is 0 Å². The van der Waals surface area contributed by atoms with Crippen LogP contribution in [0.1, 0.15) is 38.4 Å². The second-order valence-electron chi connectivity index (χ2n) is 5.04. The van der Waals surface area contributed by atoms with Gasteiger partial charge >= 0.3 is 0 Å². The fourth-order valence-electron chi connectivity index (χ4n) is 2.39. The first kappa shape index (κ1) is 14.0. The average molecular weight is 265 g/mol. The number of rotatable bonds is 3. The van der Waals surface area contributed by atoms with E-state index in [1.54, 1.807) is 12.1 Å². The van der Waals surface area contributed by atoms with Crippen LogP contribution in [0.3, 0.4) is 0 Å². The smallest absolute Gasteiger partial charge is 0.222 e. The van der Waals surface area contributed by atoms with E-state index in [0.717, 1.165) is 12.0 Å². The molecule has 1 aliphatic rings. The molecule has 3 nitrogen and oxygen atoms in total. The lowest BCUT2D eigenvalue weighted by Gasteiger charge is -2.37. The molecule has 0 aliphatic carbocycles. The number of nitrogens with zero attached hydrogens (tertiary/aromatic N) is 1. The van der Waals surface area contributed by atoms with Gasteiger partial charge in [-0.15, -0.1) is 0 Å². The van der Waals surface area contributed by atoms with E-state index in [9.17, 15) is 9.18 Å². The number of halogens is 1. The molecule has 0 saturated carbocycles. The van der Waals surface area contributed by atoms with E-state index in [-0.39, 0.29) is 23.9 Å². The normalized spacial score (nSPS) is 23.4. The van der Waals surface area contributed by atoms with Gasteiger partial charge in [0, 0.05) is 13.0 Å². The lowest BCUT2D eigenvalue weighted by Crippen LogP contribution is -2.45. The maximum atomic E-state index is 12.9. The Labute approximate surface area is 113 Å². The molecule has 1 heterocycles. The number of hydrogen-bond acceptors (Lipinski definition) is 2. The number of morpholine rings is 1. The topological polar surface area (TPSA) is 29.5 Å². The van der Waals surface area contributed by atoms with Gasteiger partial charge in [-0.25, -0.2) is 4.39 Å². The van der Waals surface area contributed by atoms with Gasteiger partial charge in [0.2, 0.25) is 5.91 Å². The average Bonchev–Trinajstić information content (AvgIpc) is 2.39. The molecule has 0 aromatic heterocycles. The van der Waals surface area contributed by atoms with Crippen LogP contribution in [0.5, 0.6) is 0 Å². The minimum atomic E-state index is -0.258. The maximum absolute atomic E-state index is 12.9. The van der Waals surface area contributed by atoms with Crippen molar-refractivity contribution in [1.82, 2.24) is 4.90 Å². The Kier molecular flexibility index (Phi) is 4.53. The van der Waals surface area contributed by atoms with Crippen molar-refractivity contribution in [2.24, 2.45) is 0 Å². The maximum Gasteiger partial charge on any atom is 0.222 e. The van der Waals surface area contributed by atoms with Gasteiger partial charge in [-0.1, -0.05) is 19.1 Å². The minimum absolute atomic E-state index is 0.00427. The van der Waals surface area contributed by atoms with Crippen LogP contribution in [0.2, 0.25) is 0 Å². The molecule has 1 aromatic rings. The summed E-state index contributed by atoms with van der Waals surface area (Å²) >= 11 is 0. The van der Waals surface area contributed by atoms with Crippen molar-refractivity contribution in [3.8, 4) is 0 Å². The van der Waals surface area contributed by atoms with Crippen LogP contribution in [-0.4, -0.2) is 30.0 Å². The number of carbonyl (C=O) groups excluding carboxylic acids is 1. The molecule has 0 bridgehead atoms. The Morgan fingerprint density at radius 1 is 1.37 bits per heavy atom. The van der Waals surface area contributed by atoms with Crippen molar-refractivity contribution in [2.75, 3.05) is 13.1 Å². The van der Waals surface area contributed by atoms with E-state index in [4.69, 9.17) is 4.74 Å². The molecule has 19 heavy (non-hydrogen) atoms. The summed E-state index contributed by atoms with van der Waals surface area (Å²) in [4.78, 5) is 13.8. The number of benzene rings is 1. The lowest BCUT2D eigenvalue weighted by atomic mass is 10.1. The molecule has 1 amide bonds. The second kappa shape index (κ2) is 6.15. The third kappa shape index (κ3) is 3.53. The Morgan fingerprint density at radius 3 is 2.68 bits per heavy atom. The van der Waals surface area contributed by atoms with Crippen LogP contribution in [-0.2, 0) is 9.53 Å². The minimum Gasteiger partial charge on any atom is -0.367 e. The van der Waals surface area contributed by atoms with Gasteiger partial charge < -0.3 is 9.64 Å². The third-order valence-corrected chi connectivity index (χ3v) is 3.32. The van der Waals surface area contributed by atoms with Gasteiger partial charge in [-0.05, 0) is 31.0 Å². The SMILES string of the molecule is CCCC(=O)N1CC(C)OC(c2ccc(F)cc2)C1. The highest BCUT2D eigenvalue weighted by Crippen LogP contribution is 2.25. The molecule has 0 radical (unpaired) electrons. The van der Waals surface area contributed by atoms with Crippen molar-refractivity contribution >= 4 is 5.91 Å². The summed E-state index contributed by atoms with van der Waals surface area (Å²) in [5, 5.41) is 0. The van der Waals surface area contributed by atoms with Gasteiger partial charge in [0.15, 0.2) is 0 Å². The first-order valence-corrected chi connectivity index (χ1v) is 6.79. The van der Waals surface area contributed by atoms with E-state index >= 15 is 0 Å². The molecule has 0 spiro atoms. The summed E-state index contributed by atoms with van der Waals surface area (Å²) in [6.07, 6.45) is 1.27. The summed E-state index contributed by atoms with van der Waals surface area (Å²) in [6, 6.07) is 6.30. The summed E-state index contributed by atoms with van der Waals surface area (Å²) in [6.45, 7) is 5.15. The van der Waals surface area contributed by atoms with Gasteiger partial charge in [-0.3, -0.25) is 4.79 Å².